The summed E-state index contributed by atoms with van der Waals surface area (Å²) < 4.78 is 16.2. The number of phenolic OH excluding ortho intramolecular Hbond substituents is 1. The molecule has 0 aliphatic rings. The van der Waals surface area contributed by atoms with E-state index in [0.717, 1.165) is 22.3 Å². The molecule has 0 spiro atoms. The lowest BCUT2D eigenvalue weighted by atomic mass is 9.78. The quantitative estimate of drug-likeness (QED) is 0.193. The molecule has 0 atom stereocenters. The molecule has 0 fully saturated rings. The van der Waals surface area contributed by atoms with Crippen LogP contribution in [-0.2, 0) is 58.3 Å². The number of aryl methyl sites for hydroxylation is 2. The molecule has 6 heteroatoms. The molecule has 2 aromatic carbocycles. The Hall–Kier alpha value is -2.86. The van der Waals surface area contributed by atoms with Gasteiger partial charge in [-0.25, -0.2) is 0 Å². The predicted octanol–water partition coefficient (Wildman–Crippen LogP) is 8.25. The lowest BCUT2D eigenvalue weighted by Gasteiger charge is -2.28. The Morgan fingerprint density at radius 1 is 0.545 bits per heavy atom. The zero-order valence-corrected chi connectivity index (χ0v) is 29.5. The summed E-state index contributed by atoms with van der Waals surface area (Å²) in [6, 6.07) is 10.7. The third kappa shape index (κ3) is 11.9. The fraction of sp³-hybridized carbons (Fsp3) is 0.632. The van der Waals surface area contributed by atoms with Gasteiger partial charge >= 0.3 is 11.9 Å². The smallest absolute Gasteiger partial charge is 0.306 e. The van der Waals surface area contributed by atoms with Gasteiger partial charge in [0.1, 0.15) is 19.0 Å². The Morgan fingerprint density at radius 2 is 0.909 bits per heavy atom. The first-order valence-corrected chi connectivity index (χ1v) is 16.0. The molecule has 2 aromatic rings. The second-order valence-electron chi connectivity index (χ2n) is 16.0. The summed E-state index contributed by atoms with van der Waals surface area (Å²) in [5.41, 5.74) is 6.07. The van der Waals surface area contributed by atoms with Gasteiger partial charge in [-0.3, -0.25) is 9.59 Å². The molecule has 0 saturated heterocycles. The van der Waals surface area contributed by atoms with Crippen molar-refractivity contribution in [3.05, 3.63) is 63.7 Å². The monoisotopic (exact) mass is 610 g/mol. The SMILES string of the molecule is CC(C)(C)c1cc(CCC(=O)OCCOCCOC(=O)CCc2cc(C(C)(C)C)c(O)c(C(C)(C)C)c2)cc(C(C)(C)C)c1. The first kappa shape index (κ1) is 37.3. The van der Waals surface area contributed by atoms with E-state index in [0.29, 0.717) is 25.0 Å². The summed E-state index contributed by atoms with van der Waals surface area (Å²) in [6.45, 7) is 26.4. The maximum Gasteiger partial charge on any atom is 0.306 e. The summed E-state index contributed by atoms with van der Waals surface area (Å²) in [5, 5.41) is 10.9. The number of benzene rings is 2. The van der Waals surface area contributed by atoms with Gasteiger partial charge in [0.15, 0.2) is 0 Å². The average Bonchev–Trinajstić information content (AvgIpc) is 2.88. The van der Waals surface area contributed by atoms with E-state index >= 15 is 0 Å². The zero-order chi connectivity index (χ0) is 33.5. The van der Waals surface area contributed by atoms with E-state index in [1.165, 1.54) is 11.1 Å². The number of aromatic hydroxyl groups is 1. The Labute approximate surface area is 266 Å². The van der Waals surface area contributed by atoms with Crippen LogP contribution in [0.5, 0.6) is 5.75 Å². The van der Waals surface area contributed by atoms with Gasteiger partial charge < -0.3 is 19.3 Å². The molecule has 246 valence electrons. The van der Waals surface area contributed by atoms with Crippen LogP contribution >= 0.6 is 0 Å². The molecule has 44 heavy (non-hydrogen) atoms. The third-order valence-corrected chi connectivity index (χ3v) is 7.73. The number of ether oxygens (including phenoxy) is 3. The second-order valence-corrected chi connectivity index (χ2v) is 16.0. The molecule has 0 saturated carbocycles. The highest BCUT2D eigenvalue weighted by Crippen LogP contribution is 2.40. The highest BCUT2D eigenvalue weighted by atomic mass is 16.6. The number of esters is 2. The van der Waals surface area contributed by atoms with Gasteiger partial charge in [0, 0.05) is 12.8 Å². The summed E-state index contributed by atoms with van der Waals surface area (Å²) in [4.78, 5) is 24.7. The van der Waals surface area contributed by atoms with Crippen LogP contribution in [0.2, 0.25) is 0 Å². The number of hydrogen-bond acceptors (Lipinski definition) is 6. The van der Waals surface area contributed by atoms with E-state index < -0.39 is 0 Å². The third-order valence-electron chi connectivity index (χ3n) is 7.73. The van der Waals surface area contributed by atoms with Crippen molar-refractivity contribution in [2.24, 2.45) is 0 Å². The average molecular weight is 611 g/mol. The molecule has 0 aliphatic carbocycles. The van der Waals surface area contributed by atoms with Gasteiger partial charge in [-0.05, 0) is 67.9 Å². The van der Waals surface area contributed by atoms with Gasteiger partial charge in [-0.1, -0.05) is 113 Å². The predicted molar refractivity (Wildman–Crippen MR) is 179 cm³/mol. The van der Waals surface area contributed by atoms with Gasteiger partial charge in [0.05, 0.1) is 13.2 Å². The Balaban J connectivity index is 1.73. The van der Waals surface area contributed by atoms with Crippen molar-refractivity contribution in [2.45, 2.75) is 130 Å². The molecule has 0 aliphatic heterocycles. The minimum Gasteiger partial charge on any atom is -0.507 e. The second kappa shape index (κ2) is 14.9. The van der Waals surface area contributed by atoms with Crippen LogP contribution in [-0.4, -0.2) is 43.5 Å². The van der Waals surface area contributed by atoms with E-state index in [2.05, 4.69) is 101 Å². The minimum atomic E-state index is -0.298. The number of carbonyl (C=O) groups is 2. The number of rotatable bonds is 12. The van der Waals surface area contributed by atoms with E-state index in [1.807, 2.05) is 12.1 Å². The molecule has 0 aromatic heterocycles. The van der Waals surface area contributed by atoms with Gasteiger partial charge in [0.25, 0.3) is 0 Å². The molecule has 1 N–H and O–H groups in total. The van der Waals surface area contributed by atoms with Crippen LogP contribution in [0, 0.1) is 0 Å². The van der Waals surface area contributed by atoms with Crippen molar-refractivity contribution in [3.8, 4) is 5.75 Å². The van der Waals surface area contributed by atoms with Crippen molar-refractivity contribution in [1.82, 2.24) is 0 Å². The van der Waals surface area contributed by atoms with Crippen molar-refractivity contribution >= 4 is 11.9 Å². The standard InChI is InChI=1S/C38H58O6/c1-35(2,3)28-21-26(22-29(25-28)36(4,5)6)13-15-32(39)43-19-17-42-18-20-44-33(40)16-14-27-23-30(37(7,8)9)34(41)31(24-27)38(10,11)12/h21-25,41H,13-20H2,1-12H3. The van der Waals surface area contributed by atoms with Gasteiger partial charge in [-0.2, -0.15) is 0 Å². The van der Waals surface area contributed by atoms with Crippen molar-refractivity contribution in [3.63, 3.8) is 0 Å². The van der Waals surface area contributed by atoms with Gasteiger partial charge in [0.2, 0.25) is 0 Å². The highest BCUT2D eigenvalue weighted by molar-refractivity contribution is 5.70. The van der Waals surface area contributed by atoms with Gasteiger partial charge in [-0.15, -0.1) is 0 Å². The lowest BCUT2D eigenvalue weighted by Crippen LogP contribution is -2.18. The molecule has 0 amide bonds. The fourth-order valence-corrected chi connectivity index (χ4v) is 4.85. The summed E-state index contributed by atoms with van der Waals surface area (Å²) in [5.74, 6) is -0.218. The topological polar surface area (TPSA) is 82.1 Å². The van der Waals surface area contributed by atoms with Crippen LogP contribution in [0.15, 0.2) is 30.3 Å². The molecular weight excluding hydrogens is 552 g/mol. The number of carbonyl (C=O) groups excluding carboxylic acids is 2. The summed E-state index contributed by atoms with van der Waals surface area (Å²) in [6.07, 6.45) is 1.71. The molecule has 6 nitrogen and oxygen atoms in total. The van der Waals surface area contributed by atoms with Crippen LogP contribution in [0.25, 0.3) is 0 Å². The molecule has 0 unspecified atom stereocenters. The number of hydrogen-bond donors (Lipinski definition) is 1. The van der Waals surface area contributed by atoms with Crippen molar-refractivity contribution in [2.75, 3.05) is 26.4 Å². The molecule has 0 heterocycles. The normalized spacial score (nSPS) is 12.7. The summed E-state index contributed by atoms with van der Waals surface area (Å²) in [7, 11) is 0. The maximum absolute atomic E-state index is 12.4. The zero-order valence-electron chi connectivity index (χ0n) is 29.5. The van der Waals surface area contributed by atoms with Crippen LogP contribution in [0.1, 0.15) is 129 Å². The maximum atomic E-state index is 12.4. The first-order chi connectivity index (χ1) is 20.1. The molecule has 0 radical (unpaired) electrons. The molecular formula is C38H58O6. The Kier molecular flexibility index (Phi) is 12.7. The minimum absolute atomic E-state index is 0.0290. The highest BCUT2D eigenvalue weighted by Gasteiger charge is 2.27. The Morgan fingerprint density at radius 3 is 1.25 bits per heavy atom. The lowest BCUT2D eigenvalue weighted by molar-refractivity contribution is -0.146. The van der Waals surface area contributed by atoms with E-state index in [-0.39, 0.29) is 66.4 Å². The van der Waals surface area contributed by atoms with Crippen LogP contribution in [0.4, 0.5) is 0 Å². The molecule has 0 bridgehead atoms. The fourth-order valence-electron chi connectivity index (χ4n) is 4.85. The summed E-state index contributed by atoms with van der Waals surface area (Å²) >= 11 is 0. The van der Waals surface area contributed by atoms with E-state index in [1.54, 1.807) is 0 Å². The van der Waals surface area contributed by atoms with Crippen LogP contribution in [0.3, 0.4) is 0 Å². The Bertz CT molecular complexity index is 1190. The number of phenols is 1. The van der Waals surface area contributed by atoms with Crippen molar-refractivity contribution < 1.29 is 28.9 Å². The molecule has 2 rings (SSSR count). The van der Waals surface area contributed by atoms with Crippen LogP contribution < -0.4 is 0 Å². The van der Waals surface area contributed by atoms with E-state index in [9.17, 15) is 14.7 Å². The van der Waals surface area contributed by atoms with Crippen molar-refractivity contribution in [1.29, 1.82) is 0 Å². The largest absolute Gasteiger partial charge is 0.507 e. The first-order valence-electron chi connectivity index (χ1n) is 16.0. The van der Waals surface area contributed by atoms with E-state index in [4.69, 9.17) is 14.2 Å².